The number of esters is 2. The van der Waals surface area contributed by atoms with Crippen LogP contribution in [0.3, 0.4) is 0 Å². The van der Waals surface area contributed by atoms with E-state index in [-0.39, 0.29) is 5.92 Å². The van der Waals surface area contributed by atoms with E-state index in [2.05, 4.69) is 15.9 Å². The highest BCUT2D eigenvalue weighted by atomic mass is 79.9. The Labute approximate surface area is 160 Å². The largest absolute Gasteiger partial charge is 0.454 e. The van der Waals surface area contributed by atoms with Gasteiger partial charge in [-0.1, -0.05) is 59.3 Å². The van der Waals surface area contributed by atoms with Gasteiger partial charge in [0.2, 0.25) is 0 Å². The fraction of sp³-hybridized carbons (Fsp3) is 0.300. The molecule has 3 rings (SSSR count). The van der Waals surface area contributed by atoms with Gasteiger partial charge < -0.3 is 14.2 Å². The molecule has 6 heteroatoms. The first-order valence-electron chi connectivity index (χ1n) is 8.34. The Bertz CT molecular complexity index is 684. The first-order valence-corrected chi connectivity index (χ1v) is 9.25. The van der Waals surface area contributed by atoms with E-state index in [4.69, 9.17) is 14.2 Å². The molecule has 1 aliphatic heterocycles. The molecule has 5 nitrogen and oxygen atoms in total. The van der Waals surface area contributed by atoms with Crippen LogP contribution in [0.15, 0.2) is 60.7 Å². The van der Waals surface area contributed by atoms with Crippen LogP contribution in [0.25, 0.3) is 0 Å². The molecule has 0 amide bonds. The van der Waals surface area contributed by atoms with Gasteiger partial charge in [0.15, 0.2) is 11.1 Å². The predicted molar refractivity (Wildman–Crippen MR) is 99.1 cm³/mol. The van der Waals surface area contributed by atoms with Crippen LogP contribution in [0.5, 0.6) is 0 Å². The quantitative estimate of drug-likeness (QED) is 0.557. The molecular weight excluding hydrogens is 400 g/mol. The zero-order chi connectivity index (χ0) is 18.5. The van der Waals surface area contributed by atoms with Gasteiger partial charge in [0, 0.05) is 5.92 Å². The molecule has 136 valence electrons. The molecule has 26 heavy (non-hydrogen) atoms. The van der Waals surface area contributed by atoms with Crippen molar-refractivity contribution in [1.82, 2.24) is 0 Å². The van der Waals surface area contributed by atoms with Crippen molar-refractivity contribution in [2.45, 2.75) is 24.1 Å². The van der Waals surface area contributed by atoms with Crippen LogP contribution in [0.2, 0.25) is 0 Å². The molecule has 1 saturated heterocycles. The first-order chi connectivity index (χ1) is 12.6. The van der Waals surface area contributed by atoms with Gasteiger partial charge in [-0.25, -0.2) is 9.59 Å². The topological polar surface area (TPSA) is 61.8 Å². The van der Waals surface area contributed by atoms with Crippen LogP contribution >= 0.6 is 15.9 Å². The summed E-state index contributed by atoms with van der Waals surface area (Å²) in [5, 5.41) is -0.556. The third kappa shape index (κ3) is 4.31. The number of halogens is 1. The summed E-state index contributed by atoms with van der Waals surface area (Å²) >= 11 is 3.38. The Morgan fingerprint density at radius 1 is 0.885 bits per heavy atom. The Balaban J connectivity index is 1.76. The summed E-state index contributed by atoms with van der Waals surface area (Å²) in [6.07, 6.45) is -1.37. The fourth-order valence-electron chi connectivity index (χ4n) is 2.74. The van der Waals surface area contributed by atoms with E-state index in [1.807, 2.05) is 19.1 Å². The third-order valence-corrected chi connectivity index (χ3v) is 4.95. The van der Waals surface area contributed by atoms with Crippen molar-refractivity contribution in [2.24, 2.45) is 5.92 Å². The Morgan fingerprint density at radius 3 is 1.85 bits per heavy atom. The minimum Gasteiger partial charge on any atom is -0.454 e. The second-order valence-electron chi connectivity index (χ2n) is 6.13. The summed E-state index contributed by atoms with van der Waals surface area (Å²) in [6, 6.07) is 17.4. The summed E-state index contributed by atoms with van der Waals surface area (Å²) in [6.45, 7) is 2.28. The third-order valence-electron chi connectivity index (χ3n) is 4.17. The second-order valence-corrected chi connectivity index (χ2v) is 7.04. The monoisotopic (exact) mass is 418 g/mol. The van der Waals surface area contributed by atoms with Crippen molar-refractivity contribution in [3.05, 3.63) is 71.8 Å². The van der Waals surface area contributed by atoms with Crippen LogP contribution in [0.1, 0.15) is 27.6 Å². The highest BCUT2D eigenvalue weighted by molar-refractivity contribution is 9.09. The highest BCUT2D eigenvalue weighted by Gasteiger charge is 2.43. The van der Waals surface area contributed by atoms with Crippen molar-refractivity contribution < 1.29 is 23.8 Å². The van der Waals surface area contributed by atoms with Gasteiger partial charge in [-0.3, -0.25) is 0 Å². The van der Waals surface area contributed by atoms with E-state index in [9.17, 15) is 9.59 Å². The molecule has 4 atom stereocenters. The van der Waals surface area contributed by atoms with Crippen molar-refractivity contribution in [2.75, 3.05) is 6.61 Å². The number of rotatable bonds is 4. The van der Waals surface area contributed by atoms with Crippen LogP contribution in [-0.2, 0) is 14.2 Å². The number of benzene rings is 2. The summed E-state index contributed by atoms with van der Waals surface area (Å²) < 4.78 is 16.9. The zero-order valence-corrected chi connectivity index (χ0v) is 15.8. The lowest BCUT2D eigenvalue weighted by atomic mass is 9.98. The number of ether oxygens (including phenoxy) is 3. The maximum absolute atomic E-state index is 12.4. The molecule has 1 unspecified atom stereocenters. The fourth-order valence-corrected chi connectivity index (χ4v) is 3.30. The van der Waals surface area contributed by atoms with Gasteiger partial charge in [0.25, 0.3) is 0 Å². The smallest absolute Gasteiger partial charge is 0.338 e. The molecule has 0 bridgehead atoms. The maximum Gasteiger partial charge on any atom is 0.338 e. The lowest BCUT2D eigenvalue weighted by molar-refractivity contribution is -0.135. The Morgan fingerprint density at radius 2 is 1.35 bits per heavy atom. The minimum absolute atomic E-state index is 0.120. The molecule has 1 aliphatic rings. The van der Waals surface area contributed by atoms with Crippen molar-refractivity contribution in [3.63, 3.8) is 0 Å². The molecule has 1 heterocycles. The van der Waals surface area contributed by atoms with Gasteiger partial charge in [-0.15, -0.1) is 0 Å². The summed E-state index contributed by atoms with van der Waals surface area (Å²) in [7, 11) is 0. The molecule has 1 fully saturated rings. The van der Waals surface area contributed by atoms with Crippen LogP contribution in [0, 0.1) is 5.92 Å². The molecule has 0 radical (unpaired) electrons. The molecular formula is C20H19BrO5. The Hall–Kier alpha value is -2.18. The lowest BCUT2D eigenvalue weighted by Crippen LogP contribution is -2.51. The van der Waals surface area contributed by atoms with E-state index in [0.717, 1.165) is 0 Å². The molecule has 0 N–H and O–H groups in total. The molecule has 0 spiro atoms. The van der Waals surface area contributed by atoms with Crippen LogP contribution in [-0.4, -0.2) is 35.8 Å². The van der Waals surface area contributed by atoms with Gasteiger partial charge in [-0.05, 0) is 24.3 Å². The van der Waals surface area contributed by atoms with E-state index in [1.54, 1.807) is 48.5 Å². The van der Waals surface area contributed by atoms with Crippen LogP contribution < -0.4 is 0 Å². The summed E-state index contributed by atoms with van der Waals surface area (Å²) in [5.41, 5.74) is 0.879. The zero-order valence-electron chi connectivity index (χ0n) is 14.2. The van der Waals surface area contributed by atoms with Gasteiger partial charge in [-0.2, -0.15) is 0 Å². The van der Waals surface area contributed by atoms with E-state index >= 15 is 0 Å². The van der Waals surface area contributed by atoms with Crippen molar-refractivity contribution in [3.8, 4) is 0 Å². The standard InChI is InChI=1S/C20H19BrO5/c1-13-12-24-18(21)17(26-20(23)15-10-6-3-7-11-15)16(13)25-19(22)14-8-4-2-5-9-14/h2-11,13,16-18H,12H2,1H3/t13-,16+,17?,18+/m0/s1. The van der Waals surface area contributed by atoms with E-state index < -0.39 is 29.2 Å². The van der Waals surface area contributed by atoms with Gasteiger partial charge in [0.05, 0.1) is 17.7 Å². The molecule has 0 aliphatic carbocycles. The molecule has 0 aromatic heterocycles. The van der Waals surface area contributed by atoms with Gasteiger partial charge in [0.1, 0.15) is 6.10 Å². The molecule has 2 aromatic carbocycles. The highest BCUT2D eigenvalue weighted by Crippen LogP contribution is 2.30. The summed E-state index contributed by atoms with van der Waals surface area (Å²) in [5.74, 6) is -1.06. The van der Waals surface area contributed by atoms with Crippen LogP contribution in [0.4, 0.5) is 0 Å². The maximum atomic E-state index is 12.4. The van der Waals surface area contributed by atoms with Gasteiger partial charge >= 0.3 is 11.9 Å². The average molecular weight is 419 g/mol. The van der Waals surface area contributed by atoms with Crippen molar-refractivity contribution >= 4 is 27.9 Å². The SMILES string of the molecule is C[C@H]1CO[C@@H](Br)C(OC(=O)c2ccccc2)[C@@H]1OC(=O)c1ccccc1. The lowest BCUT2D eigenvalue weighted by Gasteiger charge is -2.38. The second kappa shape index (κ2) is 8.47. The molecule has 2 aromatic rings. The number of carbonyl (C=O) groups is 2. The van der Waals surface area contributed by atoms with E-state index in [1.165, 1.54) is 0 Å². The van der Waals surface area contributed by atoms with Crippen molar-refractivity contribution in [1.29, 1.82) is 0 Å². The minimum atomic E-state index is -0.751. The number of hydrogen-bond acceptors (Lipinski definition) is 5. The normalized spacial score (nSPS) is 25.3. The summed E-state index contributed by atoms with van der Waals surface area (Å²) in [4.78, 5) is 24.9. The average Bonchev–Trinajstić information content (AvgIpc) is 2.68. The Kier molecular flexibility index (Phi) is 6.06. The first kappa shape index (κ1) is 18.6. The number of alkyl halides is 1. The number of hydrogen-bond donors (Lipinski definition) is 0. The molecule has 0 saturated carbocycles. The van der Waals surface area contributed by atoms with E-state index in [0.29, 0.717) is 17.7 Å². The predicted octanol–water partition coefficient (Wildman–Crippen LogP) is 3.82. The number of carbonyl (C=O) groups excluding carboxylic acids is 2.